The van der Waals surface area contributed by atoms with Crippen LogP contribution in [0.5, 0.6) is 0 Å². The fourth-order valence-electron chi connectivity index (χ4n) is 2.64. The van der Waals surface area contributed by atoms with Crippen molar-refractivity contribution < 1.29 is 4.55 Å². The summed E-state index contributed by atoms with van der Waals surface area (Å²) in [7, 11) is 0. The molecule has 1 atom stereocenters. The van der Waals surface area contributed by atoms with Crippen LogP contribution in [0.25, 0.3) is 0 Å². The molecule has 0 spiro atoms. The summed E-state index contributed by atoms with van der Waals surface area (Å²) in [5, 5.41) is 0. The van der Waals surface area contributed by atoms with E-state index in [-0.39, 0.29) is 0 Å². The van der Waals surface area contributed by atoms with Crippen molar-refractivity contribution in [3.63, 3.8) is 0 Å². The van der Waals surface area contributed by atoms with E-state index >= 15 is 0 Å². The Morgan fingerprint density at radius 3 is 2.78 bits per heavy atom. The van der Waals surface area contributed by atoms with Crippen LogP contribution < -0.4 is 5.73 Å². The van der Waals surface area contributed by atoms with Crippen LogP contribution in [0, 0.1) is 5.92 Å². The molecule has 1 aromatic carbocycles. The number of hydrogen-bond donors (Lipinski definition) is 1. The molecule has 0 bridgehead atoms. The van der Waals surface area contributed by atoms with Crippen LogP contribution in [-0.4, -0.2) is 16.9 Å². The number of rotatable bonds is 6. The zero-order valence-electron chi connectivity index (χ0n) is 10.9. The molecule has 1 unspecified atom stereocenters. The minimum atomic E-state index is -0.820. The molecule has 3 heteroatoms. The van der Waals surface area contributed by atoms with E-state index in [2.05, 4.69) is 12.1 Å². The van der Waals surface area contributed by atoms with E-state index < -0.39 is 11.2 Å². The molecule has 1 aliphatic carbocycles. The van der Waals surface area contributed by atoms with Crippen LogP contribution in [0.3, 0.4) is 0 Å². The highest BCUT2D eigenvalue weighted by molar-refractivity contribution is 7.91. The summed E-state index contributed by atoms with van der Waals surface area (Å²) in [6.07, 6.45) is 7.15. The quantitative estimate of drug-likeness (QED) is 0.804. The van der Waals surface area contributed by atoms with Gasteiger partial charge in [0.2, 0.25) is 0 Å². The van der Waals surface area contributed by atoms with Crippen molar-refractivity contribution in [2.75, 3.05) is 12.3 Å². The van der Waals surface area contributed by atoms with Gasteiger partial charge in [0.1, 0.15) is 5.75 Å². The molecule has 2 nitrogen and oxygen atoms in total. The van der Waals surface area contributed by atoms with Gasteiger partial charge in [-0.2, -0.15) is 0 Å². The first-order valence-electron chi connectivity index (χ1n) is 6.97. The van der Waals surface area contributed by atoms with Crippen molar-refractivity contribution in [2.45, 2.75) is 43.4 Å². The highest BCUT2D eigenvalue weighted by Gasteiger charge is 2.22. The topological polar surface area (TPSA) is 49.1 Å². The molecule has 0 heterocycles. The summed E-state index contributed by atoms with van der Waals surface area (Å²) in [4.78, 5) is 0.997. The third-order valence-electron chi connectivity index (χ3n) is 3.69. The Kier molecular flexibility index (Phi) is 5.54. The molecule has 1 aliphatic rings. The zero-order valence-corrected chi connectivity index (χ0v) is 11.8. The van der Waals surface area contributed by atoms with Crippen molar-refractivity contribution in [3.05, 3.63) is 29.8 Å². The van der Waals surface area contributed by atoms with Gasteiger partial charge in [-0.1, -0.05) is 25.0 Å². The van der Waals surface area contributed by atoms with Crippen LogP contribution in [0.4, 0.5) is 0 Å². The summed E-state index contributed by atoms with van der Waals surface area (Å²) in [6, 6.07) is 8.22. The van der Waals surface area contributed by atoms with Crippen LogP contribution in [0.2, 0.25) is 0 Å². The van der Waals surface area contributed by atoms with E-state index in [1.54, 1.807) is 0 Å². The number of nitrogens with two attached hydrogens (primary N) is 1. The second kappa shape index (κ2) is 7.17. The Bertz CT molecular complexity index is 363. The van der Waals surface area contributed by atoms with Gasteiger partial charge < -0.3 is 10.3 Å². The van der Waals surface area contributed by atoms with Crippen molar-refractivity contribution in [1.82, 2.24) is 0 Å². The third-order valence-corrected chi connectivity index (χ3v) is 5.25. The van der Waals surface area contributed by atoms with Gasteiger partial charge in [-0.25, -0.2) is 0 Å². The SMILES string of the molecule is NCCCc1cccc([S+]([O-])CC2CCCC2)c1. The van der Waals surface area contributed by atoms with E-state index in [4.69, 9.17) is 5.73 Å². The fourth-order valence-corrected chi connectivity index (χ4v) is 4.10. The van der Waals surface area contributed by atoms with Crippen molar-refractivity contribution in [3.8, 4) is 0 Å². The van der Waals surface area contributed by atoms with Gasteiger partial charge in [0.05, 0.1) is 0 Å². The zero-order chi connectivity index (χ0) is 12.8. The molecule has 0 radical (unpaired) electrons. The van der Waals surface area contributed by atoms with E-state index in [1.165, 1.54) is 31.2 Å². The maximum absolute atomic E-state index is 12.3. The Labute approximate surface area is 113 Å². The second-order valence-corrected chi connectivity index (χ2v) is 6.70. The molecule has 18 heavy (non-hydrogen) atoms. The average molecular weight is 265 g/mol. The smallest absolute Gasteiger partial charge is 0.152 e. The predicted octanol–water partition coefficient (Wildman–Crippen LogP) is 2.88. The lowest BCUT2D eigenvalue weighted by Crippen LogP contribution is -2.14. The molecule has 0 aromatic heterocycles. The summed E-state index contributed by atoms with van der Waals surface area (Å²) in [5.74, 6) is 1.53. The summed E-state index contributed by atoms with van der Waals surface area (Å²) >= 11 is -0.820. The van der Waals surface area contributed by atoms with Crippen molar-refractivity contribution in [1.29, 1.82) is 0 Å². The molecule has 1 saturated carbocycles. The number of benzene rings is 1. The highest BCUT2D eigenvalue weighted by atomic mass is 32.2. The van der Waals surface area contributed by atoms with Gasteiger partial charge in [-0.15, -0.1) is 0 Å². The Hall–Kier alpha value is -0.510. The molecular formula is C15H23NOS. The monoisotopic (exact) mass is 265 g/mol. The largest absolute Gasteiger partial charge is 0.611 e. The van der Waals surface area contributed by atoms with Crippen molar-refractivity contribution in [2.24, 2.45) is 11.7 Å². The van der Waals surface area contributed by atoms with Gasteiger partial charge in [0, 0.05) is 5.92 Å². The highest BCUT2D eigenvalue weighted by Crippen LogP contribution is 2.28. The van der Waals surface area contributed by atoms with E-state index in [9.17, 15) is 4.55 Å². The minimum Gasteiger partial charge on any atom is -0.611 e. The van der Waals surface area contributed by atoms with Crippen molar-refractivity contribution >= 4 is 11.2 Å². The van der Waals surface area contributed by atoms with Gasteiger partial charge in [0.25, 0.3) is 0 Å². The summed E-state index contributed by atoms with van der Waals surface area (Å²) in [6.45, 7) is 0.718. The van der Waals surface area contributed by atoms with Crippen LogP contribution in [0.1, 0.15) is 37.7 Å². The third kappa shape index (κ3) is 4.01. The molecule has 2 N–H and O–H groups in total. The molecule has 1 aromatic rings. The predicted molar refractivity (Wildman–Crippen MR) is 77.1 cm³/mol. The molecule has 100 valence electrons. The van der Waals surface area contributed by atoms with E-state index in [0.29, 0.717) is 5.92 Å². The summed E-state index contributed by atoms with van der Waals surface area (Å²) < 4.78 is 12.3. The number of aryl methyl sites for hydroxylation is 1. The van der Waals surface area contributed by atoms with Crippen LogP contribution in [0.15, 0.2) is 29.2 Å². The first-order valence-corrected chi connectivity index (χ1v) is 8.29. The lowest BCUT2D eigenvalue weighted by molar-refractivity contribution is 0.558. The summed E-state index contributed by atoms with van der Waals surface area (Å²) in [5.41, 5.74) is 6.78. The standard InChI is InChI=1S/C15H23NOS/c16-10-4-8-13-7-3-9-15(11-13)18(17)12-14-5-1-2-6-14/h3,7,9,11,14H,1-2,4-6,8,10,12,16H2. The van der Waals surface area contributed by atoms with Gasteiger partial charge in [-0.05, 0) is 61.1 Å². The Balaban J connectivity index is 1.93. The molecule has 0 aliphatic heterocycles. The Morgan fingerprint density at radius 1 is 1.28 bits per heavy atom. The molecule has 1 fully saturated rings. The molecule has 0 saturated heterocycles. The lowest BCUT2D eigenvalue weighted by atomic mass is 10.1. The minimum absolute atomic E-state index is 0.679. The second-order valence-electron chi connectivity index (χ2n) is 5.20. The number of hydrogen-bond acceptors (Lipinski definition) is 2. The van der Waals surface area contributed by atoms with E-state index in [0.717, 1.165) is 30.0 Å². The maximum Gasteiger partial charge on any atom is 0.152 e. The van der Waals surface area contributed by atoms with Crippen LogP contribution in [-0.2, 0) is 17.6 Å². The lowest BCUT2D eigenvalue weighted by Gasteiger charge is -2.15. The Morgan fingerprint density at radius 2 is 2.06 bits per heavy atom. The molecular weight excluding hydrogens is 242 g/mol. The van der Waals surface area contributed by atoms with E-state index in [1.807, 2.05) is 12.1 Å². The fraction of sp³-hybridized carbons (Fsp3) is 0.600. The van der Waals surface area contributed by atoms with Gasteiger partial charge in [0.15, 0.2) is 4.90 Å². The normalized spacial score (nSPS) is 18.1. The molecule has 0 amide bonds. The average Bonchev–Trinajstić information content (AvgIpc) is 2.89. The van der Waals surface area contributed by atoms with Gasteiger partial charge in [-0.3, -0.25) is 0 Å². The first-order chi connectivity index (χ1) is 8.79. The van der Waals surface area contributed by atoms with Gasteiger partial charge >= 0.3 is 0 Å². The molecule has 2 rings (SSSR count). The van der Waals surface area contributed by atoms with Crippen LogP contribution >= 0.6 is 0 Å². The maximum atomic E-state index is 12.3. The first kappa shape index (κ1) is 13.9.